The van der Waals surface area contributed by atoms with Crippen molar-refractivity contribution < 1.29 is 29.0 Å². The van der Waals surface area contributed by atoms with Gasteiger partial charge in [0.2, 0.25) is 17.7 Å². The Balaban J connectivity index is 1.30. The van der Waals surface area contributed by atoms with E-state index in [4.69, 9.17) is 9.47 Å². The first-order valence-electron chi connectivity index (χ1n) is 15.4. The summed E-state index contributed by atoms with van der Waals surface area (Å²) < 4.78 is 12.2. The van der Waals surface area contributed by atoms with Crippen LogP contribution >= 0.6 is 0 Å². The van der Waals surface area contributed by atoms with E-state index >= 15 is 0 Å². The van der Waals surface area contributed by atoms with Gasteiger partial charge < -0.3 is 29.3 Å². The van der Waals surface area contributed by atoms with Gasteiger partial charge in [-0.25, -0.2) is 0 Å². The van der Waals surface area contributed by atoms with E-state index in [1.807, 2.05) is 59.5 Å². The number of benzene rings is 1. The number of ether oxygens (including phenoxy) is 2. The molecule has 5 atom stereocenters. The lowest BCUT2D eigenvalue weighted by molar-refractivity contribution is -0.147. The SMILES string of the molecule is O=C1C2N(CCCCCCO)C(=O)[C@@H]3[C@H]4C(=O)N(c5ccccc5)CC=C[C@H]4O[C@]23C=CCN1CCN1CCOCC1. The van der Waals surface area contributed by atoms with Crippen molar-refractivity contribution in [2.75, 3.05) is 70.5 Å². The molecule has 6 rings (SSSR count). The van der Waals surface area contributed by atoms with Crippen LogP contribution in [0.1, 0.15) is 25.7 Å². The van der Waals surface area contributed by atoms with Crippen molar-refractivity contribution in [3.8, 4) is 0 Å². The third-order valence-electron chi connectivity index (χ3n) is 9.41. The first-order valence-corrected chi connectivity index (χ1v) is 15.4. The Bertz CT molecular complexity index is 1200. The van der Waals surface area contributed by atoms with E-state index in [1.54, 1.807) is 9.80 Å². The summed E-state index contributed by atoms with van der Waals surface area (Å²) >= 11 is 0. The van der Waals surface area contributed by atoms with Crippen molar-refractivity contribution in [3.63, 3.8) is 0 Å². The molecule has 5 aliphatic rings. The van der Waals surface area contributed by atoms with Gasteiger partial charge >= 0.3 is 0 Å². The molecule has 226 valence electrons. The predicted molar refractivity (Wildman–Crippen MR) is 157 cm³/mol. The van der Waals surface area contributed by atoms with E-state index in [9.17, 15) is 19.5 Å². The first-order chi connectivity index (χ1) is 20.5. The molecule has 5 aliphatic heterocycles. The molecule has 0 aliphatic carbocycles. The molecule has 3 fully saturated rings. The van der Waals surface area contributed by atoms with Crippen LogP contribution in [0.25, 0.3) is 0 Å². The number of fused-ring (bicyclic) bond motifs is 2. The molecular weight excluding hydrogens is 536 g/mol. The Kier molecular flexibility index (Phi) is 8.76. The maximum absolute atomic E-state index is 14.4. The monoisotopic (exact) mass is 578 g/mol. The minimum atomic E-state index is -1.21. The molecule has 10 nitrogen and oxygen atoms in total. The zero-order valence-electron chi connectivity index (χ0n) is 24.2. The highest BCUT2D eigenvalue weighted by Crippen LogP contribution is 2.53. The van der Waals surface area contributed by atoms with Gasteiger partial charge in [-0.3, -0.25) is 19.3 Å². The highest BCUT2D eigenvalue weighted by atomic mass is 16.5. The fourth-order valence-electron chi connectivity index (χ4n) is 7.30. The van der Waals surface area contributed by atoms with Crippen molar-refractivity contribution >= 4 is 23.4 Å². The smallest absolute Gasteiger partial charge is 0.249 e. The van der Waals surface area contributed by atoms with E-state index in [0.717, 1.165) is 38.2 Å². The van der Waals surface area contributed by atoms with Crippen molar-refractivity contribution in [2.24, 2.45) is 11.8 Å². The van der Waals surface area contributed by atoms with Gasteiger partial charge in [0.25, 0.3) is 0 Å². The number of hydrogen-bond acceptors (Lipinski definition) is 7. The average Bonchev–Trinajstić information content (AvgIpc) is 3.32. The number of rotatable bonds is 10. The third kappa shape index (κ3) is 5.30. The summed E-state index contributed by atoms with van der Waals surface area (Å²) in [5.74, 6) is -1.96. The number of likely N-dealkylation sites (tertiary alicyclic amines) is 1. The second-order valence-corrected chi connectivity index (χ2v) is 11.9. The molecule has 10 heteroatoms. The molecule has 0 aromatic heterocycles. The van der Waals surface area contributed by atoms with Crippen molar-refractivity contribution in [2.45, 2.75) is 43.4 Å². The number of carbonyl (C=O) groups is 3. The van der Waals surface area contributed by atoms with Gasteiger partial charge in [-0.1, -0.05) is 55.3 Å². The van der Waals surface area contributed by atoms with Gasteiger partial charge in [0.1, 0.15) is 11.6 Å². The van der Waals surface area contributed by atoms with Crippen LogP contribution in [-0.2, 0) is 23.9 Å². The summed E-state index contributed by atoms with van der Waals surface area (Å²) in [6, 6.07) is 8.68. The summed E-state index contributed by atoms with van der Waals surface area (Å²) in [6.45, 7) is 5.73. The van der Waals surface area contributed by atoms with Crippen LogP contribution in [0.5, 0.6) is 0 Å². The maximum atomic E-state index is 14.4. The average molecular weight is 579 g/mol. The van der Waals surface area contributed by atoms with Gasteiger partial charge in [0.15, 0.2) is 0 Å². The lowest BCUT2D eigenvalue weighted by Gasteiger charge is -2.36. The van der Waals surface area contributed by atoms with Crippen LogP contribution < -0.4 is 4.90 Å². The lowest BCUT2D eigenvalue weighted by atomic mass is 9.77. The topological polar surface area (TPSA) is 103 Å². The lowest BCUT2D eigenvalue weighted by Crippen LogP contribution is -2.56. The second kappa shape index (κ2) is 12.7. The molecule has 1 N–H and O–H groups in total. The van der Waals surface area contributed by atoms with Crippen molar-refractivity contribution in [1.82, 2.24) is 14.7 Å². The number of amides is 3. The molecule has 1 unspecified atom stereocenters. The molecule has 42 heavy (non-hydrogen) atoms. The predicted octanol–water partition coefficient (Wildman–Crippen LogP) is 1.45. The highest BCUT2D eigenvalue weighted by molar-refractivity contribution is 6.03. The maximum Gasteiger partial charge on any atom is 0.249 e. The highest BCUT2D eigenvalue weighted by Gasteiger charge is 2.71. The molecule has 3 saturated heterocycles. The Morgan fingerprint density at radius 3 is 2.43 bits per heavy atom. The standard InChI is InChI=1S/C32H42N4O6/c37-21-7-2-1-6-15-36-28-31(40)34(18-17-33-19-22-41-23-20-33)14-9-13-32(28)27(30(36)39)26-25(42-32)12-8-16-35(29(26)38)24-10-4-3-5-11-24/h3-5,8-13,25-28,37H,1-2,6-7,14-23H2/t25-,26+,27+,28?,32+/m1/s1. The minimum absolute atomic E-state index is 0.118. The molecule has 0 radical (unpaired) electrons. The van der Waals surface area contributed by atoms with E-state index in [0.29, 0.717) is 52.2 Å². The molecule has 0 saturated carbocycles. The zero-order valence-corrected chi connectivity index (χ0v) is 24.2. The summed E-state index contributed by atoms with van der Waals surface area (Å²) in [5, 5.41) is 9.19. The molecule has 5 heterocycles. The Morgan fingerprint density at radius 1 is 0.857 bits per heavy atom. The number of carbonyl (C=O) groups excluding carboxylic acids is 3. The first kappa shape index (κ1) is 29.0. The van der Waals surface area contributed by atoms with Gasteiger partial charge in [-0.05, 0) is 25.0 Å². The number of unbranched alkanes of at least 4 members (excludes halogenated alkanes) is 3. The van der Waals surface area contributed by atoms with Crippen LogP contribution in [0, 0.1) is 11.8 Å². The second-order valence-electron chi connectivity index (χ2n) is 11.9. The quantitative estimate of drug-likeness (QED) is 0.331. The minimum Gasteiger partial charge on any atom is -0.396 e. The largest absolute Gasteiger partial charge is 0.396 e. The third-order valence-corrected chi connectivity index (χ3v) is 9.41. The van der Waals surface area contributed by atoms with E-state index in [-0.39, 0.29) is 24.3 Å². The molecule has 1 aromatic rings. The number of aliphatic hydroxyl groups is 1. The summed E-state index contributed by atoms with van der Waals surface area (Å²) in [5.41, 5.74) is -0.430. The fourth-order valence-corrected chi connectivity index (χ4v) is 7.30. The normalized spacial score (nSPS) is 31.3. The van der Waals surface area contributed by atoms with E-state index in [1.165, 1.54) is 0 Å². The number of nitrogens with zero attached hydrogens (tertiary/aromatic N) is 4. The van der Waals surface area contributed by atoms with Crippen molar-refractivity contribution in [1.29, 1.82) is 0 Å². The summed E-state index contributed by atoms with van der Waals surface area (Å²) in [6.07, 6.45) is 10.2. The van der Waals surface area contributed by atoms with Crippen LogP contribution in [0.15, 0.2) is 54.6 Å². The fraction of sp³-hybridized carbons (Fsp3) is 0.594. The molecule has 3 amide bonds. The molecule has 1 aromatic carbocycles. The van der Waals surface area contributed by atoms with E-state index < -0.39 is 29.6 Å². The van der Waals surface area contributed by atoms with Crippen LogP contribution in [-0.4, -0.2) is 121 Å². The zero-order chi connectivity index (χ0) is 29.1. The number of para-hydroxylation sites is 1. The number of morpholine rings is 1. The van der Waals surface area contributed by atoms with Gasteiger partial charge in [-0.15, -0.1) is 0 Å². The Labute approximate surface area is 247 Å². The number of anilines is 1. The molecule has 0 bridgehead atoms. The van der Waals surface area contributed by atoms with Crippen LogP contribution in [0.2, 0.25) is 0 Å². The number of aliphatic hydroxyl groups excluding tert-OH is 1. The van der Waals surface area contributed by atoms with Gasteiger partial charge in [-0.2, -0.15) is 0 Å². The number of hydrogen-bond donors (Lipinski definition) is 1. The summed E-state index contributed by atoms with van der Waals surface area (Å²) in [7, 11) is 0. The van der Waals surface area contributed by atoms with Gasteiger partial charge in [0.05, 0.1) is 31.2 Å². The van der Waals surface area contributed by atoms with E-state index in [2.05, 4.69) is 4.90 Å². The molecule has 1 spiro atoms. The Hall–Kier alpha value is -3.05. The molecular formula is C32H42N4O6. The van der Waals surface area contributed by atoms with Crippen LogP contribution in [0.4, 0.5) is 5.69 Å². The Morgan fingerprint density at radius 2 is 1.64 bits per heavy atom. The van der Waals surface area contributed by atoms with Crippen molar-refractivity contribution in [3.05, 3.63) is 54.6 Å². The van der Waals surface area contributed by atoms with Gasteiger partial charge in [0, 0.05) is 58.1 Å². The summed E-state index contributed by atoms with van der Waals surface area (Å²) in [4.78, 5) is 50.5. The van der Waals surface area contributed by atoms with Crippen LogP contribution in [0.3, 0.4) is 0 Å².